The SMILES string of the molecule is CCOC(=O)C1=CCC=C(c2ccc(Br)cc2)C1=O.CCOC(=O)CC(=O)Cc1ccc(Br)cc1.CCOC(=O)c1cn(CC2CCOCC2)cc(-c2ccc(Br)cc2)c1=O.O=C(O)Cc1ccc(Br)cc1.O=C(O)c1cn(CC2CCOCC2)cc(-c2ccc(Br)cc2)c1=O. The van der Waals surface area contributed by atoms with Crippen molar-refractivity contribution in [2.24, 2.45) is 11.8 Å². The highest BCUT2D eigenvalue weighted by atomic mass is 79.9. The molecule has 7 aromatic rings. The minimum Gasteiger partial charge on any atom is -0.481 e. The highest BCUT2D eigenvalue weighted by molar-refractivity contribution is 9.11. The fourth-order valence-corrected chi connectivity index (χ4v) is 11.4. The molecule has 1 aliphatic carbocycles. The number of benzene rings is 5. The number of nitrogens with zero attached hydrogens (tertiary/aromatic N) is 2. The van der Waals surface area contributed by atoms with E-state index in [1.54, 1.807) is 51.4 Å². The molecule has 0 bridgehead atoms. The van der Waals surface area contributed by atoms with Crippen molar-refractivity contribution in [2.75, 3.05) is 46.2 Å². The van der Waals surface area contributed by atoms with E-state index in [-0.39, 0.29) is 66.2 Å². The first kappa shape index (κ1) is 77.5. The van der Waals surface area contributed by atoms with Crippen LogP contribution < -0.4 is 10.9 Å². The third-order valence-corrected chi connectivity index (χ3v) is 17.5. The maximum atomic E-state index is 12.9. The summed E-state index contributed by atoms with van der Waals surface area (Å²) >= 11 is 16.7. The van der Waals surface area contributed by atoms with Crippen molar-refractivity contribution >= 4 is 127 Å². The second-order valence-electron chi connectivity index (χ2n) is 21.9. The summed E-state index contributed by atoms with van der Waals surface area (Å²) in [5, 5.41) is 17.8. The average Bonchev–Trinajstić information content (AvgIpc) is 0.846. The quantitative estimate of drug-likeness (QED) is 0.0330. The Labute approximate surface area is 598 Å². The van der Waals surface area contributed by atoms with Gasteiger partial charge in [0.2, 0.25) is 10.9 Å². The molecule has 2 aromatic heterocycles. The number of pyridine rings is 2. The second-order valence-corrected chi connectivity index (χ2v) is 26.5. The third kappa shape index (κ3) is 25.5. The fourth-order valence-electron chi connectivity index (χ4n) is 10.0. The normalized spacial score (nSPS) is 13.6. The number of aromatic carboxylic acids is 1. The van der Waals surface area contributed by atoms with Gasteiger partial charge in [-0.3, -0.25) is 28.8 Å². The number of ketones is 2. The summed E-state index contributed by atoms with van der Waals surface area (Å²) in [6.07, 6.45) is 14.7. The molecule has 10 rings (SSSR count). The molecule has 5 aromatic carbocycles. The van der Waals surface area contributed by atoms with Crippen molar-refractivity contribution in [3.05, 3.63) is 234 Å². The van der Waals surface area contributed by atoms with Crippen LogP contribution in [0.25, 0.3) is 27.8 Å². The Morgan fingerprint density at radius 1 is 0.479 bits per heavy atom. The number of allylic oxidation sites excluding steroid dienone is 3. The number of carbonyl (C=O) groups is 7. The summed E-state index contributed by atoms with van der Waals surface area (Å²) in [7, 11) is 0. The van der Waals surface area contributed by atoms with E-state index in [2.05, 4.69) is 79.6 Å². The summed E-state index contributed by atoms with van der Waals surface area (Å²) in [6.45, 7) is 10.4. The zero-order valence-electron chi connectivity index (χ0n) is 53.1. The first-order valence-electron chi connectivity index (χ1n) is 30.9. The van der Waals surface area contributed by atoms with Gasteiger partial charge in [0.25, 0.3) is 0 Å². The van der Waals surface area contributed by atoms with Crippen LogP contribution in [0.2, 0.25) is 0 Å². The highest BCUT2D eigenvalue weighted by Gasteiger charge is 2.27. The molecule has 3 aliphatic rings. The van der Waals surface area contributed by atoms with Gasteiger partial charge in [0, 0.05) is 110 Å². The molecule has 2 fully saturated rings. The predicted octanol–water partition coefficient (Wildman–Crippen LogP) is 15.2. The Morgan fingerprint density at radius 3 is 1.28 bits per heavy atom. The fraction of sp³-hybridized carbons (Fsp3) is 0.301. The van der Waals surface area contributed by atoms with Crippen molar-refractivity contribution < 1.29 is 67.5 Å². The molecule has 0 amide bonds. The molecule has 0 atom stereocenters. The van der Waals surface area contributed by atoms with Gasteiger partial charge in [0.15, 0.2) is 5.78 Å². The van der Waals surface area contributed by atoms with E-state index in [1.165, 1.54) is 6.20 Å². The molecule has 23 heteroatoms. The maximum absolute atomic E-state index is 12.9. The van der Waals surface area contributed by atoms with Gasteiger partial charge in [-0.2, -0.15) is 0 Å². The molecule has 0 saturated carbocycles. The third-order valence-electron chi connectivity index (χ3n) is 14.8. The molecule has 0 unspecified atom stereocenters. The van der Waals surface area contributed by atoms with Crippen molar-refractivity contribution in [1.29, 1.82) is 0 Å². The average molecular weight is 1630 g/mol. The van der Waals surface area contributed by atoms with Crippen LogP contribution in [0, 0.1) is 11.8 Å². The zero-order valence-corrected chi connectivity index (χ0v) is 61.0. The number of hydrogen-bond acceptors (Lipinski definition) is 14. The monoisotopic (exact) mass is 1630 g/mol. The number of aliphatic carboxylic acids is 1. The van der Waals surface area contributed by atoms with Gasteiger partial charge in [-0.1, -0.05) is 152 Å². The Hall–Kier alpha value is -7.51. The number of carbonyl (C=O) groups excluding carboxylic acids is 5. The molecule has 96 heavy (non-hydrogen) atoms. The smallest absolute Gasteiger partial charge is 0.343 e. The molecule has 2 saturated heterocycles. The molecule has 2 N–H and O–H groups in total. The Kier molecular flexibility index (Phi) is 32.5. The maximum Gasteiger partial charge on any atom is 0.343 e. The molecule has 4 heterocycles. The van der Waals surface area contributed by atoms with Crippen LogP contribution in [0.15, 0.2) is 196 Å². The number of halogens is 5. The second kappa shape index (κ2) is 40.3. The zero-order chi connectivity index (χ0) is 69.7. The van der Waals surface area contributed by atoms with Crippen LogP contribution in [0.5, 0.6) is 0 Å². The van der Waals surface area contributed by atoms with E-state index in [0.29, 0.717) is 53.7 Å². The highest BCUT2D eigenvalue weighted by Crippen LogP contribution is 2.28. The number of rotatable bonds is 19. The molecule has 0 spiro atoms. The van der Waals surface area contributed by atoms with Gasteiger partial charge in [0.1, 0.15) is 28.9 Å². The van der Waals surface area contributed by atoms with Gasteiger partial charge in [-0.15, -0.1) is 0 Å². The predicted molar refractivity (Wildman–Crippen MR) is 384 cm³/mol. The van der Waals surface area contributed by atoms with E-state index >= 15 is 0 Å². The van der Waals surface area contributed by atoms with Crippen LogP contribution in [0.3, 0.4) is 0 Å². The van der Waals surface area contributed by atoms with Gasteiger partial charge in [0.05, 0.1) is 26.2 Å². The minimum atomic E-state index is -1.19. The number of hydrogen-bond donors (Lipinski definition) is 2. The largest absolute Gasteiger partial charge is 0.481 e. The number of aromatic nitrogens is 2. The topological polar surface area (TPSA) is 250 Å². The number of carboxylic acid groups (broad SMARTS) is 2. The lowest BCUT2D eigenvalue weighted by atomic mass is 9.91. The lowest BCUT2D eigenvalue weighted by Gasteiger charge is -2.23. The van der Waals surface area contributed by atoms with E-state index in [1.807, 2.05) is 131 Å². The van der Waals surface area contributed by atoms with E-state index in [9.17, 15) is 48.3 Å². The number of Topliss-reactive ketones (excluding diaryl/α,β-unsaturated/α-hetero) is 2. The van der Waals surface area contributed by atoms with Gasteiger partial charge >= 0.3 is 29.8 Å². The number of carboxylic acids is 2. The lowest BCUT2D eigenvalue weighted by Crippen LogP contribution is -2.25. The van der Waals surface area contributed by atoms with Crippen LogP contribution in [0.1, 0.15) is 96.7 Å². The van der Waals surface area contributed by atoms with Crippen molar-refractivity contribution in [3.63, 3.8) is 0 Å². The van der Waals surface area contributed by atoms with E-state index < -0.39 is 35.3 Å². The molecular weight excluding hydrogens is 1560 g/mol. The summed E-state index contributed by atoms with van der Waals surface area (Å²) in [4.78, 5) is 106. The lowest BCUT2D eigenvalue weighted by molar-refractivity contribution is -0.145. The Bertz CT molecular complexity index is 3970. The van der Waals surface area contributed by atoms with Crippen LogP contribution in [-0.4, -0.2) is 107 Å². The summed E-state index contributed by atoms with van der Waals surface area (Å²) in [6, 6.07) is 36.9. The number of ether oxygens (including phenoxy) is 5. The minimum absolute atomic E-state index is 0.0827. The standard InChI is InChI=1S/C20H22BrNO4.C18H18BrNO4.C15H13BrO3.C12H13BrO3.C8H7BrO2/c1-2-26-20(24)18-13-22(11-14-7-9-25-10-8-14)12-17(19(18)23)15-3-5-16(21)6-4-15;19-14-3-1-13(2-4-14)15-10-20(9-12-5-7-24-8-6-12)11-16(17(15)21)18(22)23;1-2-19-15(18)13-5-3-4-12(14(13)17)10-6-8-11(16)9-7-10;1-2-16-12(15)8-11(14)7-9-3-5-10(13)6-4-9;9-7-3-1-6(2-4-7)5-8(10)11/h3-6,12-14H,2,7-11H2,1H3;1-4,10-12H,5-9H2,(H,22,23);4-9H,2-3H2,1H3;3-6H,2,7-8H2,1H3;1-4H,5H2,(H,10,11). The van der Waals surface area contributed by atoms with Crippen LogP contribution in [-0.2, 0) is 73.6 Å². The Morgan fingerprint density at radius 2 is 0.865 bits per heavy atom. The molecule has 506 valence electrons. The number of esters is 3. The van der Waals surface area contributed by atoms with E-state index in [4.69, 9.17) is 28.8 Å². The van der Waals surface area contributed by atoms with Crippen molar-refractivity contribution in [3.8, 4) is 22.3 Å². The first-order chi connectivity index (χ1) is 46.0. The molecule has 18 nitrogen and oxygen atoms in total. The summed E-state index contributed by atoms with van der Waals surface area (Å²) in [5.41, 5.74) is 4.77. The first-order valence-corrected chi connectivity index (χ1v) is 34.8. The summed E-state index contributed by atoms with van der Waals surface area (Å²) < 4.78 is 34.0. The molecular formula is C73H73Br5N2O16. The molecule has 2 aliphatic heterocycles. The van der Waals surface area contributed by atoms with Gasteiger partial charge in [-0.25, -0.2) is 14.4 Å². The van der Waals surface area contributed by atoms with Crippen LogP contribution in [0.4, 0.5) is 0 Å². The Balaban J connectivity index is 0.000000195. The van der Waals surface area contributed by atoms with Gasteiger partial charge < -0.3 is 43.0 Å². The van der Waals surface area contributed by atoms with E-state index in [0.717, 1.165) is 103 Å². The van der Waals surface area contributed by atoms with Crippen molar-refractivity contribution in [2.45, 2.75) is 85.2 Å². The van der Waals surface area contributed by atoms with Crippen LogP contribution >= 0.6 is 79.6 Å². The summed E-state index contributed by atoms with van der Waals surface area (Å²) in [5.74, 6) is -3.06. The van der Waals surface area contributed by atoms with Crippen molar-refractivity contribution in [1.82, 2.24) is 9.13 Å². The molecule has 0 radical (unpaired) electrons. The van der Waals surface area contributed by atoms with Gasteiger partial charge in [-0.05, 0) is 153 Å².